The number of nitrogens with zero attached hydrogens (tertiary/aromatic N) is 2. The molecule has 1 fully saturated rings. The van der Waals surface area contributed by atoms with E-state index in [1.807, 2.05) is 7.05 Å². The molecule has 7 heteroatoms. The van der Waals surface area contributed by atoms with Crippen molar-refractivity contribution in [2.45, 2.75) is 44.3 Å². The molecule has 1 aromatic heterocycles. The average molecular weight is 301 g/mol. The van der Waals surface area contributed by atoms with Gasteiger partial charge in [-0.1, -0.05) is 0 Å². The van der Waals surface area contributed by atoms with Gasteiger partial charge in [0.15, 0.2) is 0 Å². The Morgan fingerprint density at radius 3 is 3.00 bits per heavy atom. The minimum Gasteiger partial charge on any atom is -0.364 e. The van der Waals surface area contributed by atoms with E-state index in [9.17, 15) is 4.79 Å². The first-order valence-electron chi connectivity index (χ1n) is 6.90. The largest absolute Gasteiger partial charge is 0.364 e. The van der Waals surface area contributed by atoms with Crippen LogP contribution >= 0.6 is 12.4 Å². The fourth-order valence-corrected chi connectivity index (χ4v) is 2.95. The van der Waals surface area contributed by atoms with Gasteiger partial charge >= 0.3 is 0 Å². The number of nitrogens with one attached hydrogen (secondary N) is 1. The van der Waals surface area contributed by atoms with Crippen molar-refractivity contribution in [3.63, 3.8) is 0 Å². The summed E-state index contributed by atoms with van der Waals surface area (Å²) in [7, 11) is 1.87. The number of halogens is 1. The first kappa shape index (κ1) is 15.3. The number of anilines is 1. The van der Waals surface area contributed by atoms with Crippen LogP contribution in [0.15, 0.2) is 0 Å². The van der Waals surface area contributed by atoms with Gasteiger partial charge in [0.05, 0.1) is 11.8 Å². The summed E-state index contributed by atoms with van der Waals surface area (Å²) < 4.78 is 7.37. The Bertz CT molecular complexity index is 503. The van der Waals surface area contributed by atoms with Gasteiger partial charge in [0, 0.05) is 19.2 Å². The molecule has 0 unspecified atom stereocenters. The molecule has 0 spiro atoms. The lowest BCUT2D eigenvalue weighted by Crippen LogP contribution is -2.30. The number of aromatic nitrogens is 2. The zero-order chi connectivity index (χ0) is 13.4. The molecule has 0 bridgehead atoms. The number of hydrogen-bond acceptors (Lipinski definition) is 4. The van der Waals surface area contributed by atoms with E-state index < -0.39 is 0 Å². The molecule has 1 amide bonds. The van der Waals surface area contributed by atoms with Crippen molar-refractivity contribution >= 4 is 24.1 Å². The number of carbonyl (C=O) groups excluding carboxylic acids is 1. The molecule has 2 aliphatic rings. The van der Waals surface area contributed by atoms with Crippen molar-refractivity contribution in [2.75, 3.05) is 11.9 Å². The van der Waals surface area contributed by atoms with Crippen LogP contribution in [0, 0.1) is 0 Å². The minimum absolute atomic E-state index is 0. The zero-order valence-corrected chi connectivity index (χ0v) is 12.4. The van der Waals surface area contributed by atoms with E-state index >= 15 is 0 Å². The van der Waals surface area contributed by atoms with E-state index in [1.54, 1.807) is 4.68 Å². The van der Waals surface area contributed by atoms with Crippen molar-refractivity contribution < 1.29 is 9.53 Å². The molecular weight excluding hydrogens is 280 g/mol. The molecule has 3 rings (SSSR count). The lowest BCUT2D eigenvalue weighted by Gasteiger charge is -2.13. The van der Waals surface area contributed by atoms with Crippen molar-refractivity contribution in [3.05, 3.63) is 11.3 Å². The van der Waals surface area contributed by atoms with Crippen LogP contribution < -0.4 is 11.1 Å². The highest BCUT2D eigenvalue weighted by molar-refractivity contribution is 5.94. The minimum atomic E-state index is -0.375. The summed E-state index contributed by atoms with van der Waals surface area (Å²) in [5.41, 5.74) is 7.86. The first-order valence-corrected chi connectivity index (χ1v) is 6.90. The molecule has 1 aromatic rings. The number of nitrogens with two attached hydrogens (primary N) is 1. The Kier molecular flexibility index (Phi) is 4.67. The fourth-order valence-electron chi connectivity index (χ4n) is 2.95. The molecule has 3 N–H and O–H groups in total. The SMILES string of the molecule is Cl.Cn1nc2c(c1NC(=O)[C@@H]1CC[C@H](CN)O1)CCC2. The maximum Gasteiger partial charge on any atom is 0.254 e. The number of ether oxygens (including phenoxy) is 1. The Hall–Kier alpha value is -1.11. The number of amides is 1. The second kappa shape index (κ2) is 6.11. The average Bonchev–Trinajstić information content (AvgIpc) is 3.07. The van der Waals surface area contributed by atoms with E-state index in [1.165, 1.54) is 5.56 Å². The van der Waals surface area contributed by atoms with E-state index in [2.05, 4.69) is 10.4 Å². The second-order valence-corrected chi connectivity index (χ2v) is 5.30. The van der Waals surface area contributed by atoms with Crippen molar-refractivity contribution in [3.8, 4) is 0 Å². The molecule has 2 atom stereocenters. The number of carbonyl (C=O) groups is 1. The maximum atomic E-state index is 12.2. The Labute approximate surface area is 124 Å². The molecule has 1 aliphatic heterocycles. The van der Waals surface area contributed by atoms with Gasteiger partial charge in [0.1, 0.15) is 11.9 Å². The van der Waals surface area contributed by atoms with Gasteiger partial charge in [-0.25, -0.2) is 0 Å². The van der Waals surface area contributed by atoms with E-state index in [0.717, 1.165) is 43.6 Å². The molecule has 0 saturated carbocycles. The Balaban J connectivity index is 0.00000147. The number of rotatable bonds is 3. The van der Waals surface area contributed by atoms with Crippen LogP contribution in [0.1, 0.15) is 30.5 Å². The summed E-state index contributed by atoms with van der Waals surface area (Å²) in [5, 5.41) is 7.42. The lowest BCUT2D eigenvalue weighted by molar-refractivity contribution is -0.126. The lowest BCUT2D eigenvalue weighted by atomic mass is 10.2. The smallest absolute Gasteiger partial charge is 0.254 e. The predicted molar refractivity (Wildman–Crippen MR) is 78.1 cm³/mol. The third-order valence-electron chi connectivity index (χ3n) is 3.97. The Morgan fingerprint density at radius 1 is 1.50 bits per heavy atom. The summed E-state index contributed by atoms with van der Waals surface area (Å²) in [6.07, 6.45) is 4.38. The molecule has 1 saturated heterocycles. The molecule has 1 aliphatic carbocycles. The highest BCUT2D eigenvalue weighted by Gasteiger charge is 2.31. The molecule has 20 heavy (non-hydrogen) atoms. The predicted octanol–water partition coefficient (Wildman–Crippen LogP) is 0.775. The number of fused-ring (bicyclic) bond motifs is 1. The fraction of sp³-hybridized carbons (Fsp3) is 0.692. The van der Waals surface area contributed by atoms with Gasteiger partial charge < -0.3 is 15.8 Å². The molecule has 0 radical (unpaired) electrons. The highest BCUT2D eigenvalue weighted by atomic mass is 35.5. The van der Waals surface area contributed by atoms with Gasteiger partial charge in [-0.05, 0) is 32.1 Å². The zero-order valence-electron chi connectivity index (χ0n) is 11.6. The Morgan fingerprint density at radius 2 is 2.30 bits per heavy atom. The standard InChI is InChI=1S/C13H20N4O2.ClH/c1-17-12(9-3-2-4-10(9)16-17)15-13(18)11-6-5-8(7-14)19-11;/h8,11H,2-7,14H2,1H3,(H,15,18);1H/t8-,11+;/m1./s1. The summed E-state index contributed by atoms with van der Waals surface area (Å²) in [5.74, 6) is 0.756. The van der Waals surface area contributed by atoms with Crippen molar-refractivity contribution in [1.82, 2.24) is 9.78 Å². The monoisotopic (exact) mass is 300 g/mol. The van der Waals surface area contributed by atoms with E-state index in [-0.39, 0.29) is 30.5 Å². The van der Waals surface area contributed by atoms with Crippen LogP contribution in [0.3, 0.4) is 0 Å². The van der Waals surface area contributed by atoms with Crippen LogP contribution in [-0.2, 0) is 29.4 Å². The molecule has 2 heterocycles. The third-order valence-corrected chi connectivity index (χ3v) is 3.97. The molecule has 6 nitrogen and oxygen atoms in total. The van der Waals surface area contributed by atoms with Crippen LogP contribution in [0.25, 0.3) is 0 Å². The van der Waals surface area contributed by atoms with Gasteiger partial charge in [-0.3, -0.25) is 9.48 Å². The van der Waals surface area contributed by atoms with Crippen molar-refractivity contribution in [2.24, 2.45) is 12.8 Å². The van der Waals surface area contributed by atoms with Crippen LogP contribution in [0.4, 0.5) is 5.82 Å². The van der Waals surface area contributed by atoms with Crippen molar-refractivity contribution in [1.29, 1.82) is 0 Å². The highest BCUT2D eigenvalue weighted by Crippen LogP contribution is 2.29. The van der Waals surface area contributed by atoms with Gasteiger partial charge in [0.25, 0.3) is 5.91 Å². The summed E-state index contributed by atoms with van der Waals surface area (Å²) >= 11 is 0. The quantitative estimate of drug-likeness (QED) is 0.864. The van der Waals surface area contributed by atoms with Crippen LogP contribution in [0.2, 0.25) is 0 Å². The second-order valence-electron chi connectivity index (χ2n) is 5.30. The normalized spacial score (nSPS) is 24.3. The number of aryl methyl sites for hydroxylation is 2. The first-order chi connectivity index (χ1) is 9.19. The van der Waals surface area contributed by atoms with E-state index in [0.29, 0.717) is 6.54 Å². The summed E-state index contributed by atoms with van der Waals surface area (Å²) in [4.78, 5) is 12.2. The van der Waals surface area contributed by atoms with Gasteiger partial charge in [0.2, 0.25) is 0 Å². The third kappa shape index (κ3) is 2.68. The maximum absolute atomic E-state index is 12.2. The number of hydrogen-bond donors (Lipinski definition) is 2. The topological polar surface area (TPSA) is 82.2 Å². The van der Waals surface area contributed by atoms with E-state index in [4.69, 9.17) is 10.5 Å². The van der Waals surface area contributed by atoms with Crippen LogP contribution in [0.5, 0.6) is 0 Å². The van der Waals surface area contributed by atoms with Gasteiger partial charge in [-0.2, -0.15) is 5.10 Å². The molecule has 0 aromatic carbocycles. The van der Waals surface area contributed by atoms with Crippen LogP contribution in [-0.4, -0.2) is 34.4 Å². The molecule has 112 valence electrons. The summed E-state index contributed by atoms with van der Waals surface area (Å²) in [6.45, 7) is 0.477. The van der Waals surface area contributed by atoms with Gasteiger partial charge in [-0.15, -0.1) is 12.4 Å². The summed E-state index contributed by atoms with van der Waals surface area (Å²) in [6, 6.07) is 0. The molecular formula is C13H21ClN4O2.